The molecule has 2 aromatic heterocycles. The van der Waals surface area contributed by atoms with Gasteiger partial charge in [-0.25, -0.2) is 13.1 Å². The largest absolute Gasteiger partial charge is 0.433 e. The fourth-order valence-electron chi connectivity index (χ4n) is 3.25. The molecule has 0 saturated heterocycles. The number of amides is 1. The second-order valence-corrected chi connectivity index (χ2v) is 8.99. The van der Waals surface area contributed by atoms with Crippen molar-refractivity contribution in [2.75, 3.05) is 18.5 Å². The summed E-state index contributed by atoms with van der Waals surface area (Å²) < 4.78 is 78.7. The Hall–Kier alpha value is -3.65. The molecule has 0 bridgehead atoms. The molecule has 0 spiro atoms. The highest BCUT2D eigenvalue weighted by Crippen LogP contribution is 2.33. The van der Waals surface area contributed by atoms with E-state index in [1.807, 2.05) is 0 Å². The molecule has 3 aromatic rings. The van der Waals surface area contributed by atoms with Crippen LogP contribution in [-0.4, -0.2) is 58.5 Å². The molecule has 0 radical (unpaired) electrons. The van der Waals surface area contributed by atoms with E-state index >= 15 is 0 Å². The van der Waals surface area contributed by atoms with Crippen LogP contribution in [0.25, 0.3) is 5.69 Å². The third-order valence-corrected chi connectivity index (χ3v) is 5.98. The van der Waals surface area contributed by atoms with Crippen LogP contribution in [0.2, 0.25) is 0 Å². The van der Waals surface area contributed by atoms with Crippen molar-refractivity contribution in [3.63, 3.8) is 0 Å². The van der Waals surface area contributed by atoms with E-state index in [1.165, 1.54) is 39.4 Å². The van der Waals surface area contributed by atoms with E-state index < -0.39 is 29.5 Å². The molecule has 14 heteroatoms. The molecule has 11 nitrogen and oxygen atoms in total. The Labute approximate surface area is 191 Å². The monoisotopic (exact) mass is 482 g/mol. The van der Waals surface area contributed by atoms with Crippen LogP contribution in [0, 0.1) is 0 Å². The van der Waals surface area contributed by atoms with Gasteiger partial charge in [-0.1, -0.05) is 0 Å². The molecule has 0 atom stereocenters. The summed E-state index contributed by atoms with van der Waals surface area (Å²) in [7, 11) is -3.39. The van der Waals surface area contributed by atoms with Gasteiger partial charge in [-0.05, 0) is 18.2 Å². The Kier molecular flexibility index (Phi) is 4.98. The smallest absolute Gasteiger partial charge is 0.387 e. The maximum Gasteiger partial charge on any atom is 0.387 e. The first kappa shape index (κ1) is 18.9. The molecule has 1 aliphatic rings. The van der Waals surface area contributed by atoms with Crippen molar-refractivity contribution in [2.45, 2.75) is 19.7 Å². The molecule has 0 fully saturated rings. The van der Waals surface area contributed by atoms with Gasteiger partial charge in [-0.15, -0.1) is 5.10 Å². The van der Waals surface area contributed by atoms with Gasteiger partial charge >= 0.3 is 6.61 Å². The summed E-state index contributed by atoms with van der Waals surface area (Å²) in [5.41, 5.74) is 1.21. The second-order valence-electron chi connectivity index (χ2n) is 7.01. The molecule has 0 unspecified atom stereocenters. The van der Waals surface area contributed by atoms with Gasteiger partial charge in [-0.2, -0.15) is 23.3 Å². The number of sulfonamides is 1. The first-order valence-electron chi connectivity index (χ1n) is 10.8. The number of hydrogen-bond donors (Lipinski definition) is 2. The van der Waals surface area contributed by atoms with Crippen LogP contribution >= 0.6 is 0 Å². The lowest BCUT2D eigenvalue weighted by Gasteiger charge is -2.16. The highest BCUT2D eigenvalue weighted by atomic mass is 32.2. The Morgan fingerprint density at radius 3 is 2.79 bits per heavy atom. The molecule has 3 heterocycles. The fraction of sp³-hybridized carbons (Fsp3) is 0.263. The van der Waals surface area contributed by atoms with Gasteiger partial charge < -0.3 is 15.4 Å². The first-order valence-corrected chi connectivity index (χ1v) is 11.2. The molecule has 174 valence electrons. The highest BCUT2D eigenvalue weighted by Gasteiger charge is 2.29. The lowest BCUT2D eigenvalue weighted by atomic mass is 10.2. The maximum atomic E-state index is 13.2. The average Bonchev–Trinajstić information content (AvgIpc) is 3.33. The van der Waals surface area contributed by atoms with Gasteiger partial charge in [0.2, 0.25) is 10.0 Å². The summed E-state index contributed by atoms with van der Waals surface area (Å²) in [5.74, 6) is -1.34. The predicted molar refractivity (Wildman–Crippen MR) is 113 cm³/mol. The minimum atomic E-state index is -3.39. The molecular formula is C19H19F2N7O4S. The van der Waals surface area contributed by atoms with Crippen LogP contribution < -0.4 is 15.4 Å². The van der Waals surface area contributed by atoms with Crippen molar-refractivity contribution in [3.8, 4) is 11.4 Å². The number of halogens is 2. The number of nitrogens with one attached hydrogen (secondary N) is 2. The number of fused-ring (bicyclic) bond motifs is 1. The maximum absolute atomic E-state index is 13.2. The summed E-state index contributed by atoms with van der Waals surface area (Å²) in [5, 5.41) is 16.1. The van der Waals surface area contributed by atoms with E-state index in [1.54, 1.807) is 11.5 Å². The van der Waals surface area contributed by atoms with E-state index in [-0.39, 0.29) is 35.9 Å². The molecule has 33 heavy (non-hydrogen) atoms. The normalized spacial score (nSPS) is 15.5. The van der Waals surface area contributed by atoms with E-state index in [0.29, 0.717) is 16.9 Å². The van der Waals surface area contributed by atoms with E-state index in [9.17, 15) is 22.0 Å². The molecule has 4 rings (SSSR count). The van der Waals surface area contributed by atoms with Crippen LogP contribution in [-0.2, 0) is 23.1 Å². The molecule has 0 aliphatic carbocycles. The number of alkyl halides is 2. The summed E-state index contributed by atoms with van der Waals surface area (Å²) >= 11 is 0. The van der Waals surface area contributed by atoms with Crippen molar-refractivity contribution < 1.29 is 30.8 Å². The standard InChI is InChI=1S/C19H19F2N7O4S/c1-22-18(29)17-14(5-6-23-25-17)24-13-4-3-12(7-16(13)32-19(20)21)28-9-11-8-27(33(2,30)31)10-15(11)26-28/h3-7,9,19H,8,10H2,1-2H3,(H,22,29)(H,23,24)/i1D3. The summed E-state index contributed by atoms with van der Waals surface area (Å²) in [4.78, 5) is 12.3. The minimum Gasteiger partial charge on any atom is -0.433 e. The van der Waals surface area contributed by atoms with Gasteiger partial charge in [0.05, 0.1) is 41.8 Å². The molecule has 1 amide bonds. The van der Waals surface area contributed by atoms with Gasteiger partial charge in [0.1, 0.15) is 0 Å². The van der Waals surface area contributed by atoms with Gasteiger partial charge in [-0.3, -0.25) is 4.79 Å². The Balaban J connectivity index is 1.63. The zero-order chi connectivity index (χ0) is 26.3. The quantitative estimate of drug-likeness (QED) is 0.520. The Morgan fingerprint density at radius 1 is 1.27 bits per heavy atom. The topological polar surface area (TPSA) is 131 Å². The lowest BCUT2D eigenvalue weighted by molar-refractivity contribution is -0.0493. The van der Waals surface area contributed by atoms with Gasteiger partial charge in [0.15, 0.2) is 11.4 Å². The number of hydrogen-bond acceptors (Lipinski definition) is 8. The SMILES string of the molecule is [2H]C([2H])([2H])NC(=O)c1nnccc1Nc1ccc(-n2cc3c(n2)CN(S(C)(=O)=O)C3)cc1OC(F)F. The third-order valence-electron chi connectivity index (χ3n) is 4.78. The average molecular weight is 482 g/mol. The van der Waals surface area contributed by atoms with Crippen molar-refractivity contribution in [2.24, 2.45) is 0 Å². The van der Waals surface area contributed by atoms with Gasteiger partial charge in [0.25, 0.3) is 5.91 Å². The number of aromatic nitrogens is 4. The number of benzene rings is 1. The van der Waals surface area contributed by atoms with Crippen molar-refractivity contribution in [3.05, 3.63) is 53.6 Å². The van der Waals surface area contributed by atoms with Crippen molar-refractivity contribution in [1.82, 2.24) is 29.6 Å². The Bertz CT molecular complexity index is 1390. The number of carbonyl (C=O) groups is 1. The molecule has 1 aliphatic heterocycles. The second kappa shape index (κ2) is 8.71. The van der Waals surface area contributed by atoms with Crippen LogP contribution in [0.15, 0.2) is 36.7 Å². The highest BCUT2D eigenvalue weighted by molar-refractivity contribution is 7.88. The first-order chi connectivity index (χ1) is 16.8. The number of nitrogens with zero attached hydrogens (tertiary/aromatic N) is 5. The zero-order valence-electron chi connectivity index (χ0n) is 20.0. The number of rotatable bonds is 7. The number of anilines is 2. The summed E-state index contributed by atoms with van der Waals surface area (Å²) in [6.45, 7) is -5.72. The van der Waals surface area contributed by atoms with Crippen LogP contribution in [0.4, 0.5) is 20.2 Å². The summed E-state index contributed by atoms with van der Waals surface area (Å²) in [6.07, 6.45) is 3.92. The lowest BCUT2D eigenvalue weighted by Crippen LogP contribution is -2.24. The number of carbonyl (C=O) groups excluding carboxylic acids is 1. The summed E-state index contributed by atoms with van der Waals surface area (Å²) in [6, 6.07) is 5.53. The van der Waals surface area contributed by atoms with E-state index in [2.05, 4.69) is 25.3 Å². The third kappa shape index (κ3) is 4.75. The minimum absolute atomic E-state index is 0.00227. The molecule has 0 saturated carbocycles. The predicted octanol–water partition coefficient (Wildman–Crippen LogP) is 1.64. The van der Waals surface area contributed by atoms with Crippen LogP contribution in [0.5, 0.6) is 5.75 Å². The van der Waals surface area contributed by atoms with E-state index in [0.717, 1.165) is 6.26 Å². The van der Waals surface area contributed by atoms with Gasteiger partial charge in [0, 0.05) is 35.5 Å². The number of ether oxygens (including phenoxy) is 1. The molecular weight excluding hydrogens is 460 g/mol. The van der Waals surface area contributed by atoms with Crippen molar-refractivity contribution >= 4 is 27.3 Å². The van der Waals surface area contributed by atoms with Crippen LogP contribution in [0.3, 0.4) is 0 Å². The zero-order valence-corrected chi connectivity index (χ0v) is 17.8. The Morgan fingerprint density at radius 2 is 2.09 bits per heavy atom. The molecule has 2 N–H and O–H groups in total. The fourth-order valence-corrected chi connectivity index (χ4v) is 3.98. The van der Waals surface area contributed by atoms with E-state index in [4.69, 9.17) is 4.11 Å². The van der Waals surface area contributed by atoms with Crippen molar-refractivity contribution in [1.29, 1.82) is 0 Å². The van der Waals surface area contributed by atoms with Crippen LogP contribution in [0.1, 0.15) is 25.9 Å². The molecule has 1 aromatic carbocycles.